The summed E-state index contributed by atoms with van der Waals surface area (Å²) in [4.78, 5) is 4.41. The highest BCUT2D eigenvalue weighted by molar-refractivity contribution is 5.69. The summed E-state index contributed by atoms with van der Waals surface area (Å²) in [6.45, 7) is 2.23. The number of nitrogens with two attached hydrogens (primary N) is 1. The fourth-order valence-corrected chi connectivity index (χ4v) is 2.26. The third-order valence-corrected chi connectivity index (χ3v) is 3.28. The average Bonchev–Trinajstić information content (AvgIpc) is 2.89. The van der Waals surface area contributed by atoms with Gasteiger partial charge in [0.25, 0.3) is 0 Å². The largest absolute Gasteiger partial charge is 0.444 e. The zero-order valence-corrected chi connectivity index (χ0v) is 11.3. The van der Waals surface area contributed by atoms with E-state index in [1.165, 1.54) is 11.1 Å². The summed E-state index contributed by atoms with van der Waals surface area (Å²) in [5, 5.41) is 0. The molecule has 0 aliphatic heterocycles. The van der Waals surface area contributed by atoms with Crippen LogP contribution in [0.3, 0.4) is 0 Å². The monoisotopic (exact) mass is 264 g/mol. The number of hydrogen-bond acceptors (Lipinski definition) is 3. The van der Waals surface area contributed by atoms with E-state index < -0.39 is 0 Å². The minimum atomic E-state index is 0.322. The molecule has 0 saturated carbocycles. The Bertz CT molecular complexity index is 700. The fraction of sp³-hybridized carbons (Fsp3) is 0.118. The first kappa shape index (κ1) is 12.6. The molecule has 0 fully saturated rings. The summed E-state index contributed by atoms with van der Waals surface area (Å²) in [5.74, 6) is 1.38. The Kier molecular flexibility index (Phi) is 3.35. The van der Waals surface area contributed by atoms with E-state index in [0.717, 1.165) is 17.0 Å². The van der Waals surface area contributed by atoms with Crippen molar-refractivity contribution in [1.82, 2.24) is 4.98 Å². The van der Waals surface area contributed by atoms with Crippen LogP contribution in [0.2, 0.25) is 0 Å². The average molecular weight is 264 g/mol. The molecular weight excluding hydrogens is 248 g/mol. The minimum absolute atomic E-state index is 0.322. The van der Waals surface area contributed by atoms with Gasteiger partial charge < -0.3 is 10.2 Å². The molecular formula is C17H16N2O. The summed E-state index contributed by atoms with van der Waals surface area (Å²) >= 11 is 0. The van der Waals surface area contributed by atoms with Crippen molar-refractivity contribution in [3.63, 3.8) is 0 Å². The summed E-state index contributed by atoms with van der Waals surface area (Å²) in [5.41, 5.74) is 9.86. The molecule has 20 heavy (non-hydrogen) atoms. The van der Waals surface area contributed by atoms with Gasteiger partial charge in [0.15, 0.2) is 0 Å². The second-order valence-corrected chi connectivity index (χ2v) is 4.66. The fourth-order valence-electron chi connectivity index (χ4n) is 2.26. The number of aromatic nitrogens is 1. The van der Waals surface area contributed by atoms with Crippen LogP contribution in [0.15, 0.2) is 59.0 Å². The number of nitrogens with zero attached hydrogens (tertiary/aromatic N) is 1. The van der Waals surface area contributed by atoms with Crippen molar-refractivity contribution in [2.24, 2.45) is 5.73 Å². The molecule has 0 bridgehead atoms. The van der Waals surface area contributed by atoms with Gasteiger partial charge in [-0.25, -0.2) is 4.98 Å². The van der Waals surface area contributed by atoms with Crippen molar-refractivity contribution in [3.05, 3.63) is 66.2 Å². The molecule has 0 radical (unpaired) electrons. The maximum Gasteiger partial charge on any atom is 0.208 e. The molecule has 2 aromatic carbocycles. The lowest BCUT2D eigenvalue weighted by Gasteiger charge is -2.03. The van der Waals surface area contributed by atoms with Gasteiger partial charge >= 0.3 is 0 Å². The highest BCUT2D eigenvalue weighted by atomic mass is 16.4. The smallest absolute Gasteiger partial charge is 0.208 e. The van der Waals surface area contributed by atoms with Gasteiger partial charge in [0.1, 0.15) is 11.5 Å². The molecule has 1 aromatic heterocycles. The quantitative estimate of drug-likeness (QED) is 0.783. The van der Waals surface area contributed by atoms with Gasteiger partial charge in [0, 0.05) is 5.56 Å². The number of aryl methyl sites for hydroxylation is 1. The summed E-state index contributed by atoms with van der Waals surface area (Å²) in [6, 6.07) is 18.6. The molecule has 0 aliphatic carbocycles. The van der Waals surface area contributed by atoms with Crippen LogP contribution in [0.5, 0.6) is 0 Å². The number of oxazole rings is 1. The Labute approximate surface area is 118 Å². The molecule has 0 spiro atoms. The van der Waals surface area contributed by atoms with Crippen LogP contribution in [-0.2, 0) is 6.54 Å². The van der Waals surface area contributed by atoms with E-state index >= 15 is 0 Å². The third-order valence-electron chi connectivity index (χ3n) is 3.28. The van der Waals surface area contributed by atoms with Crippen molar-refractivity contribution in [2.75, 3.05) is 0 Å². The standard InChI is InChI=1S/C17H16N2O/c1-12-17(19-16(11-18)20-12)15-9-7-14(8-10-15)13-5-3-2-4-6-13/h2-10H,11,18H2,1H3. The third kappa shape index (κ3) is 2.36. The lowest BCUT2D eigenvalue weighted by atomic mass is 10.0. The van der Waals surface area contributed by atoms with Crippen molar-refractivity contribution >= 4 is 0 Å². The molecule has 0 saturated heterocycles. The van der Waals surface area contributed by atoms with E-state index in [4.69, 9.17) is 10.2 Å². The van der Waals surface area contributed by atoms with Crippen molar-refractivity contribution in [2.45, 2.75) is 13.5 Å². The van der Waals surface area contributed by atoms with E-state index in [1.54, 1.807) is 0 Å². The van der Waals surface area contributed by atoms with Crippen LogP contribution in [0.4, 0.5) is 0 Å². The second-order valence-electron chi connectivity index (χ2n) is 4.66. The molecule has 100 valence electrons. The van der Waals surface area contributed by atoms with E-state index in [0.29, 0.717) is 12.4 Å². The molecule has 0 amide bonds. The summed E-state index contributed by atoms with van der Waals surface area (Å²) in [7, 11) is 0. The number of rotatable bonds is 3. The predicted octanol–water partition coefficient (Wildman–Crippen LogP) is 3.78. The van der Waals surface area contributed by atoms with Crippen molar-refractivity contribution in [1.29, 1.82) is 0 Å². The summed E-state index contributed by atoms with van der Waals surface area (Å²) < 4.78 is 5.50. The van der Waals surface area contributed by atoms with Gasteiger partial charge in [-0.2, -0.15) is 0 Å². The Balaban J connectivity index is 1.95. The molecule has 0 aliphatic rings. The maximum absolute atomic E-state index is 5.55. The molecule has 0 atom stereocenters. The first-order valence-corrected chi connectivity index (χ1v) is 6.60. The molecule has 3 rings (SSSR count). The SMILES string of the molecule is Cc1oc(CN)nc1-c1ccc(-c2ccccc2)cc1. The highest BCUT2D eigenvalue weighted by Crippen LogP contribution is 2.26. The van der Waals surface area contributed by atoms with Crippen LogP contribution >= 0.6 is 0 Å². The van der Waals surface area contributed by atoms with Crippen LogP contribution in [0.1, 0.15) is 11.7 Å². The molecule has 0 unspecified atom stereocenters. The van der Waals surface area contributed by atoms with Gasteiger partial charge in [0.2, 0.25) is 5.89 Å². The van der Waals surface area contributed by atoms with Gasteiger partial charge in [0.05, 0.1) is 6.54 Å². The Morgan fingerprint density at radius 3 is 2.10 bits per heavy atom. The maximum atomic E-state index is 5.55. The highest BCUT2D eigenvalue weighted by Gasteiger charge is 2.10. The molecule has 3 nitrogen and oxygen atoms in total. The predicted molar refractivity (Wildman–Crippen MR) is 80.0 cm³/mol. The molecule has 3 aromatic rings. The van der Waals surface area contributed by atoms with E-state index in [-0.39, 0.29) is 0 Å². The van der Waals surface area contributed by atoms with Crippen molar-refractivity contribution < 1.29 is 4.42 Å². The first-order valence-electron chi connectivity index (χ1n) is 6.60. The van der Waals surface area contributed by atoms with E-state index in [9.17, 15) is 0 Å². The van der Waals surface area contributed by atoms with Crippen LogP contribution in [0.25, 0.3) is 22.4 Å². The van der Waals surface area contributed by atoms with E-state index in [1.807, 2.05) is 25.1 Å². The molecule has 3 heteroatoms. The van der Waals surface area contributed by atoms with Crippen molar-refractivity contribution in [3.8, 4) is 22.4 Å². The lowest BCUT2D eigenvalue weighted by molar-refractivity contribution is 0.474. The van der Waals surface area contributed by atoms with Gasteiger partial charge in [-0.05, 0) is 18.1 Å². The van der Waals surface area contributed by atoms with Gasteiger partial charge in [-0.15, -0.1) is 0 Å². The topological polar surface area (TPSA) is 52.0 Å². The van der Waals surface area contributed by atoms with Crippen LogP contribution in [-0.4, -0.2) is 4.98 Å². The Morgan fingerprint density at radius 2 is 1.50 bits per heavy atom. The Morgan fingerprint density at radius 1 is 0.900 bits per heavy atom. The second kappa shape index (κ2) is 5.31. The molecule has 2 N–H and O–H groups in total. The van der Waals surface area contributed by atoms with Gasteiger partial charge in [-0.1, -0.05) is 54.6 Å². The van der Waals surface area contributed by atoms with Gasteiger partial charge in [-0.3, -0.25) is 0 Å². The van der Waals surface area contributed by atoms with Crippen LogP contribution in [0, 0.1) is 6.92 Å². The van der Waals surface area contributed by atoms with Crippen LogP contribution < -0.4 is 5.73 Å². The zero-order valence-electron chi connectivity index (χ0n) is 11.3. The number of hydrogen-bond donors (Lipinski definition) is 1. The molecule has 1 heterocycles. The summed E-state index contributed by atoms with van der Waals surface area (Å²) in [6.07, 6.45) is 0. The van der Waals surface area contributed by atoms with E-state index in [2.05, 4.69) is 41.4 Å². The normalized spacial score (nSPS) is 10.7. The Hall–Kier alpha value is -2.39. The number of benzene rings is 2. The lowest BCUT2D eigenvalue weighted by Crippen LogP contribution is -1.95. The minimum Gasteiger partial charge on any atom is -0.444 e. The zero-order chi connectivity index (χ0) is 13.9. The first-order chi connectivity index (χ1) is 9.78.